The smallest absolute Gasteiger partial charge is 0.268 e. The zero-order chi connectivity index (χ0) is 17.6. The van der Waals surface area contributed by atoms with Gasteiger partial charge in [-0.1, -0.05) is 30.3 Å². The Labute approximate surface area is 156 Å². The second-order valence-corrected chi connectivity index (χ2v) is 8.47. The number of rotatable bonds is 2. The lowest BCUT2D eigenvalue weighted by atomic mass is 10.1. The zero-order valence-electron chi connectivity index (χ0n) is 14.5. The second kappa shape index (κ2) is 6.36. The van der Waals surface area contributed by atoms with Crippen molar-refractivity contribution in [1.82, 2.24) is 0 Å². The maximum atomic E-state index is 13.1. The average Bonchev–Trinajstić information content (AvgIpc) is 3.07. The molecule has 0 unspecified atom stereocenters. The predicted molar refractivity (Wildman–Crippen MR) is 108 cm³/mol. The minimum absolute atomic E-state index is 0.0654. The molecule has 2 heterocycles. The number of hydrogen-bond donors (Lipinski definition) is 0. The molecule has 0 saturated heterocycles. The molecule has 1 aliphatic rings. The topological polar surface area (TPSA) is 20.3 Å². The Morgan fingerprint density at radius 3 is 2.72 bits per heavy atom. The molecule has 4 heteroatoms. The normalized spacial score (nSPS) is 12.4. The van der Waals surface area contributed by atoms with Gasteiger partial charge in [0.05, 0.1) is 4.88 Å². The van der Waals surface area contributed by atoms with Crippen LogP contribution in [0.5, 0.6) is 0 Å². The Hall–Kier alpha value is -2.04. The van der Waals surface area contributed by atoms with Crippen molar-refractivity contribution in [1.29, 1.82) is 0 Å². The Bertz CT molecular complexity index is 974. The SMILES string of the molecule is Cc1ccc(C)c(N(C)C(=O)c2cc3c(s2)-c2ccccc2SC3)c1. The van der Waals surface area contributed by atoms with E-state index in [0.29, 0.717) is 0 Å². The van der Waals surface area contributed by atoms with Crippen LogP contribution in [-0.4, -0.2) is 13.0 Å². The number of anilines is 1. The van der Waals surface area contributed by atoms with Gasteiger partial charge in [0.25, 0.3) is 5.91 Å². The summed E-state index contributed by atoms with van der Waals surface area (Å²) in [5.74, 6) is 0.999. The number of hydrogen-bond acceptors (Lipinski definition) is 3. The lowest BCUT2D eigenvalue weighted by Gasteiger charge is -2.19. The quantitative estimate of drug-likeness (QED) is 0.562. The first-order valence-corrected chi connectivity index (χ1v) is 10.0. The predicted octanol–water partition coefficient (Wildman–Crippen LogP) is 5.91. The molecule has 1 amide bonds. The first kappa shape index (κ1) is 16.4. The number of thiophene rings is 1. The van der Waals surface area contributed by atoms with E-state index in [-0.39, 0.29) is 5.91 Å². The molecule has 126 valence electrons. The van der Waals surface area contributed by atoms with Crippen molar-refractivity contribution in [2.45, 2.75) is 24.5 Å². The van der Waals surface area contributed by atoms with E-state index in [4.69, 9.17) is 0 Å². The molecule has 4 rings (SSSR count). The molecule has 0 atom stereocenters. The van der Waals surface area contributed by atoms with Gasteiger partial charge in [-0.05, 0) is 48.7 Å². The number of carbonyl (C=O) groups is 1. The maximum absolute atomic E-state index is 13.1. The fraction of sp³-hybridized carbons (Fsp3) is 0.190. The van der Waals surface area contributed by atoms with E-state index in [1.54, 1.807) is 16.2 Å². The number of amides is 1. The van der Waals surface area contributed by atoms with Gasteiger partial charge in [0.2, 0.25) is 0 Å². The lowest BCUT2D eigenvalue weighted by Crippen LogP contribution is -2.26. The summed E-state index contributed by atoms with van der Waals surface area (Å²) < 4.78 is 0. The van der Waals surface area contributed by atoms with Crippen molar-refractivity contribution in [3.05, 3.63) is 70.1 Å². The van der Waals surface area contributed by atoms with Crippen LogP contribution in [0.15, 0.2) is 53.4 Å². The standard InChI is InChI=1S/C21H19NOS2/c1-13-8-9-14(2)17(10-13)22(3)21(23)19-11-15-12-24-18-7-5-4-6-16(18)20(15)25-19/h4-11H,12H2,1-3H3. The monoisotopic (exact) mass is 365 g/mol. The molecule has 0 bridgehead atoms. The average molecular weight is 366 g/mol. The number of benzene rings is 2. The Kier molecular flexibility index (Phi) is 4.18. The van der Waals surface area contributed by atoms with Crippen LogP contribution in [0.4, 0.5) is 5.69 Å². The van der Waals surface area contributed by atoms with Gasteiger partial charge in [0, 0.05) is 33.8 Å². The van der Waals surface area contributed by atoms with E-state index in [2.05, 4.69) is 55.5 Å². The van der Waals surface area contributed by atoms with Crippen LogP contribution in [0.2, 0.25) is 0 Å². The minimum atomic E-state index is 0.0654. The molecule has 2 aromatic carbocycles. The van der Waals surface area contributed by atoms with Crippen LogP contribution >= 0.6 is 23.1 Å². The fourth-order valence-corrected chi connectivity index (χ4v) is 5.55. The van der Waals surface area contributed by atoms with E-state index >= 15 is 0 Å². The zero-order valence-corrected chi connectivity index (χ0v) is 16.1. The molecular formula is C21H19NOS2. The van der Waals surface area contributed by atoms with Crippen LogP contribution in [0.1, 0.15) is 26.4 Å². The molecule has 0 spiro atoms. The maximum Gasteiger partial charge on any atom is 0.268 e. The van der Waals surface area contributed by atoms with Crippen LogP contribution in [0.25, 0.3) is 10.4 Å². The van der Waals surface area contributed by atoms with Gasteiger partial charge in [-0.25, -0.2) is 0 Å². The lowest BCUT2D eigenvalue weighted by molar-refractivity contribution is 0.0996. The summed E-state index contributed by atoms with van der Waals surface area (Å²) in [6.07, 6.45) is 0. The third-order valence-electron chi connectivity index (χ3n) is 4.57. The molecule has 1 aliphatic heterocycles. The van der Waals surface area contributed by atoms with Crippen LogP contribution in [0, 0.1) is 13.8 Å². The summed E-state index contributed by atoms with van der Waals surface area (Å²) in [5.41, 5.74) is 5.78. The summed E-state index contributed by atoms with van der Waals surface area (Å²) in [5, 5.41) is 0. The molecule has 0 radical (unpaired) electrons. The van der Waals surface area contributed by atoms with Gasteiger partial charge in [0.1, 0.15) is 0 Å². The molecule has 0 saturated carbocycles. The summed E-state index contributed by atoms with van der Waals surface area (Å²) in [6, 6.07) is 16.8. The Balaban J connectivity index is 1.71. The van der Waals surface area contributed by atoms with E-state index in [1.807, 2.05) is 25.7 Å². The van der Waals surface area contributed by atoms with Gasteiger partial charge >= 0.3 is 0 Å². The van der Waals surface area contributed by atoms with Crippen LogP contribution in [0.3, 0.4) is 0 Å². The third kappa shape index (κ3) is 2.90. The second-order valence-electron chi connectivity index (χ2n) is 6.40. The number of nitrogens with zero attached hydrogens (tertiary/aromatic N) is 1. The van der Waals surface area contributed by atoms with Crippen molar-refractivity contribution in [2.24, 2.45) is 0 Å². The van der Waals surface area contributed by atoms with Gasteiger partial charge in [-0.3, -0.25) is 4.79 Å². The molecule has 1 aromatic heterocycles. The number of aryl methyl sites for hydroxylation is 2. The molecule has 0 N–H and O–H groups in total. The van der Waals surface area contributed by atoms with E-state index in [0.717, 1.165) is 27.4 Å². The van der Waals surface area contributed by atoms with E-state index in [9.17, 15) is 4.79 Å². The van der Waals surface area contributed by atoms with Crippen molar-refractivity contribution in [2.75, 3.05) is 11.9 Å². The van der Waals surface area contributed by atoms with Gasteiger partial charge in [0.15, 0.2) is 0 Å². The molecule has 3 aromatic rings. The number of thioether (sulfide) groups is 1. The molecular weight excluding hydrogens is 346 g/mol. The number of fused-ring (bicyclic) bond motifs is 3. The van der Waals surface area contributed by atoms with Gasteiger partial charge in [-0.2, -0.15) is 0 Å². The highest BCUT2D eigenvalue weighted by molar-refractivity contribution is 7.98. The number of carbonyl (C=O) groups excluding carboxylic acids is 1. The molecule has 0 fully saturated rings. The van der Waals surface area contributed by atoms with Crippen molar-refractivity contribution >= 4 is 34.7 Å². The Morgan fingerprint density at radius 2 is 1.88 bits per heavy atom. The van der Waals surface area contributed by atoms with Crippen LogP contribution in [-0.2, 0) is 5.75 Å². The van der Waals surface area contributed by atoms with Crippen molar-refractivity contribution in [3.63, 3.8) is 0 Å². The highest BCUT2D eigenvalue weighted by Gasteiger charge is 2.24. The van der Waals surface area contributed by atoms with Gasteiger partial charge < -0.3 is 4.90 Å². The van der Waals surface area contributed by atoms with Crippen molar-refractivity contribution < 1.29 is 4.79 Å². The third-order valence-corrected chi connectivity index (χ3v) is 6.89. The molecule has 2 nitrogen and oxygen atoms in total. The Morgan fingerprint density at radius 1 is 1.08 bits per heavy atom. The largest absolute Gasteiger partial charge is 0.310 e. The summed E-state index contributed by atoms with van der Waals surface area (Å²) in [7, 11) is 1.87. The molecule has 0 aliphatic carbocycles. The van der Waals surface area contributed by atoms with Gasteiger partial charge in [-0.15, -0.1) is 23.1 Å². The summed E-state index contributed by atoms with van der Waals surface area (Å²) in [6.45, 7) is 4.10. The van der Waals surface area contributed by atoms with Crippen molar-refractivity contribution in [3.8, 4) is 10.4 Å². The van der Waals surface area contributed by atoms with Crippen LogP contribution < -0.4 is 4.90 Å². The highest BCUT2D eigenvalue weighted by Crippen LogP contribution is 2.45. The first-order valence-electron chi connectivity index (χ1n) is 8.25. The highest BCUT2D eigenvalue weighted by atomic mass is 32.2. The fourth-order valence-electron chi connectivity index (χ4n) is 3.16. The first-order chi connectivity index (χ1) is 12.0. The minimum Gasteiger partial charge on any atom is -0.310 e. The molecule has 25 heavy (non-hydrogen) atoms. The van der Waals surface area contributed by atoms with E-state index in [1.165, 1.54) is 20.9 Å². The van der Waals surface area contributed by atoms with E-state index < -0.39 is 0 Å². The summed E-state index contributed by atoms with van der Waals surface area (Å²) >= 11 is 3.46. The summed E-state index contributed by atoms with van der Waals surface area (Å²) in [4.78, 5) is 18.2.